The molecule has 2 unspecified atom stereocenters. The highest BCUT2D eigenvalue weighted by Gasteiger charge is 2.35. The largest absolute Gasteiger partial charge is 0.508 e. The summed E-state index contributed by atoms with van der Waals surface area (Å²) in [6.45, 7) is 12.1. The van der Waals surface area contributed by atoms with Crippen LogP contribution < -0.4 is 10.6 Å². The van der Waals surface area contributed by atoms with Gasteiger partial charge in [-0.15, -0.1) is 24.0 Å². The lowest BCUT2D eigenvalue weighted by Crippen LogP contribution is -2.43. The minimum Gasteiger partial charge on any atom is -0.508 e. The van der Waals surface area contributed by atoms with Gasteiger partial charge in [0.15, 0.2) is 5.96 Å². The molecule has 1 aromatic carbocycles. The van der Waals surface area contributed by atoms with Crippen LogP contribution in [-0.4, -0.2) is 43.4 Å². The highest BCUT2D eigenvalue weighted by atomic mass is 127. The van der Waals surface area contributed by atoms with Crippen molar-refractivity contribution < 1.29 is 9.84 Å². The maximum atomic E-state index is 9.56. The van der Waals surface area contributed by atoms with Gasteiger partial charge in [0.1, 0.15) is 5.75 Å². The fourth-order valence-corrected chi connectivity index (χ4v) is 3.57. The number of halogens is 1. The normalized spacial score (nSPS) is 20.7. The molecule has 0 bridgehead atoms. The summed E-state index contributed by atoms with van der Waals surface area (Å²) in [5.74, 6) is 1.63. The first-order chi connectivity index (χ1) is 12.4. The molecule has 1 heterocycles. The molecule has 27 heavy (non-hydrogen) atoms. The van der Waals surface area contributed by atoms with Gasteiger partial charge in [0.05, 0.1) is 6.10 Å². The minimum atomic E-state index is 0. The van der Waals surface area contributed by atoms with E-state index in [4.69, 9.17) is 9.73 Å². The lowest BCUT2D eigenvalue weighted by molar-refractivity contribution is -0.0823. The number of rotatable bonds is 6. The Morgan fingerprint density at radius 1 is 1.30 bits per heavy atom. The summed E-state index contributed by atoms with van der Waals surface area (Å²) in [5, 5.41) is 16.3. The summed E-state index contributed by atoms with van der Waals surface area (Å²) in [4.78, 5) is 4.81. The lowest BCUT2D eigenvalue weighted by Gasteiger charge is -2.39. The van der Waals surface area contributed by atoms with Gasteiger partial charge >= 0.3 is 0 Å². The molecule has 2 atom stereocenters. The van der Waals surface area contributed by atoms with Gasteiger partial charge in [-0.2, -0.15) is 0 Å². The van der Waals surface area contributed by atoms with Gasteiger partial charge in [-0.05, 0) is 49.3 Å². The van der Waals surface area contributed by atoms with Crippen molar-refractivity contribution in [1.29, 1.82) is 0 Å². The number of hydrogen-bond donors (Lipinski definition) is 3. The average Bonchev–Trinajstić information content (AvgIpc) is 2.59. The Morgan fingerprint density at radius 2 is 2.07 bits per heavy atom. The first-order valence-corrected chi connectivity index (χ1v) is 9.82. The highest BCUT2D eigenvalue weighted by Crippen LogP contribution is 2.34. The molecule has 0 saturated carbocycles. The summed E-state index contributed by atoms with van der Waals surface area (Å²) in [6.07, 6.45) is 3.40. The summed E-state index contributed by atoms with van der Waals surface area (Å²) in [5.41, 5.74) is 1.25. The summed E-state index contributed by atoms with van der Waals surface area (Å²) in [6, 6.07) is 7.40. The molecular formula is C21H36IN3O2. The van der Waals surface area contributed by atoms with Gasteiger partial charge in [-0.3, -0.25) is 4.99 Å². The van der Waals surface area contributed by atoms with E-state index in [2.05, 4.69) is 38.3 Å². The lowest BCUT2D eigenvalue weighted by atomic mass is 9.78. The van der Waals surface area contributed by atoms with Crippen molar-refractivity contribution in [2.45, 2.75) is 53.1 Å². The van der Waals surface area contributed by atoms with E-state index in [0.29, 0.717) is 11.7 Å². The molecule has 154 valence electrons. The van der Waals surface area contributed by atoms with Crippen LogP contribution in [0.5, 0.6) is 5.75 Å². The van der Waals surface area contributed by atoms with E-state index in [0.717, 1.165) is 50.6 Å². The van der Waals surface area contributed by atoms with Gasteiger partial charge in [-0.25, -0.2) is 0 Å². The third-order valence-electron chi connectivity index (χ3n) is 4.74. The first-order valence-electron chi connectivity index (χ1n) is 9.82. The Bertz CT molecular complexity index is 587. The molecule has 1 aliphatic rings. The molecule has 0 spiro atoms. The first kappa shape index (κ1) is 24.0. The molecule has 0 aliphatic carbocycles. The zero-order valence-electron chi connectivity index (χ0n) is 17.1. The summed E-state index contributed by atoms with van der Waals surface area (Å²) in [7, 11) is 0. The maximum absolute atomic E-state index is 9.56. The van der Waals surface area contributed by atoms with Crippen LogP contribution in [-0.2, 0) is 11.2 Å². The second kappa shape index (κ2) is 11.7. The van der Waals surface area contributed by atoms with Crippen LogP contribution in [0.1, 0.15) is 46.1 Å². The quantitative estimate of drug-likeness (QED) is 0.322. The predicted octanol–water partition coefficient (Wildman–Crippen LogP) is 3.95. The Morgan fingerprint density at radius 3 is 2.74 bits per heavy atom. The number of ether oxygens (including phenoxy) is 1. The number of hydrogen-bond acceptors (Lipinski definition) is 3. The molecule has 1 fully saturated rings. The molecule has 1 aromatic rings. The Kier molecular flexibility index (Phi) is 10.4. The van der Waals surface area contributed by atoms with Crippen LogP contribution in [0.4, 0.5) is 0 Å². The van der Waals surface area contributed by atoms with Gasteiger partial charge < -0.3 is 20.5 Å². The van der Waals surface area contributed by atoms with E-state index in [1.807, 2.05) is 12.1 Å². The van der Waals surface area contributed by atoms with Crippen molar-refractivity contribution in [2.75, 3.05) is 26.2 Å². The van der Waals surface area contributed by atoms with Gasteiger partial charge in [0, 0.05) is 32.2 Å². The minimum absolute atomic E-state index is 0. The SMILES string of the molecule is CCNC(=NCC1CCCOC1C(C)(C)C)NCCc1cccc(O)c1.I. The van der Waals surface area contributed by atoms with Crippen molar-refractivity contribution in [1.82, 2.24) is 10.6 Å². The molecule has 2 rings (SSSR count). The smallest absolute Gasteiger partial charge is 0.191 e. The number of nitrogens with one attached hydrogen (secondary N) is 2. The zero-order chi connectivity index (χ0) is 19.0. The topological polar surface area (TPSA) is 65.9 Å². The van der Waals surface area contributed by atoms with Crippen molar-refractivity contribution in [3.63, 3.8) is 0 Å². The molecule has 1 aliphatic heterocycles. The van der Waals surface area contributed by atoms with E-state index in [-0.39, 0.29) is 35.5 Å². The number of nitrogens with zero attached hydrogens (tertiary/aromatic N) is 1. The second-order valence-corrected chi connectivity index (χ2v) is 8.13. The summed E-state index contributed by atoms with van der Waals surface area (Å²) >= 11 is 0. The van der Waals surface area contributed by atoms with E-state index >= 15 is 0 Å². The second-order valence-electron chi connectivity index (χ2n) is 8.13. The average molecular weight is 489 g/mol. The molecule has 0 amide bonds. The van der Waals surface area contributed by atoms with Crippen LogP contribution >= 0.6 is 24.0 Å². The molecular weight excluding hydrogens is 453 g/mol. The molecule has 0 aromatic heterocycles. The molecule has 5 nitrogen and oxygen atoms in total. The van der Waals surface area contributed by atoms with Crippen LogP contribution in [0.15, 0.2) is 29.3 Å². The summed E-state index contributed by atoms with van der Waals surface area (Å²) < 4.78 is 6.06. The number of phenolic OH excluding ortho intramolecular Hbond substituents is 1. The van der Waals surface area contributed by atoms with E-state index in [1.165, 1.54) is 6.42 Å². The fraction of sp³-hybridized carbons (Fsp3) is 0.667. The van der Waals surface area contributed by atoms with Gasteiger partial charge in [-0.1, -0.05) is 32.9 Å². The molecule has 1 saturated heterocycles. The van der Waals surface area contributed by atoms with Gasteiger partial charge in [0.25, 0.3) is 0 Å². The van der Waals surface area contributed by atoms with Crippen LogP contribution in [0.2, 0.25) is 0 Å². The Balaban J connectivity index is 0.00000364. The number of benzene rings is 1. The fourth-order valence-electron chi connectivity index (χ4n) is 3.57. The van der Waals surface area contributed by atoms with Crippen LogP contribution in [0, 0.1) is 11.3 Å². The number of phenols is 1. The predicted molar refractivity (Wildman–Crippen MR) is 123 cm³/mol. The zero-order valence-corrected chi connectivity index (χ0v) is 19.5. The van der Waals surface area contributed by atoms with Crippen molar-refractivity contribution >= 4 is 29.9 Å². The Hall–Kier alpha value is -1.02. The number of aliphatic imine (C=N–C) groups is 1. The maximum Gasteiger partial charge on any atom is 0.191 e. The van der Waals surface area contributed by atoms with E-state index in [9.17, 15) is 5.11 Å². The monoisotopic (exact) mass is 489 g/mol. The number of aromatic hydroxyl groups is 1. The van der Waals surface area contributed by atoms with E-state index < -0.39 is 0 Å². The number of guanidine groups is 1. The molecule has 3 N–H and O–H groups in total. The van der Waals surface area contributed by atoms with Gasteiger partial charge in [0.2, 0.25) is 0 Å². The standard InChI is InChI=1S/C21H35N3O2.HI/c1-5-22-20(23-12-11-16-8-6-10-18(25)14-16)24-15-17-9-7-13-26-19(17)21(2,3)4;/h6,8,10,14,17,19,25H,5,7,9,11-13,15H2,1-4H3,(H2,22,23,24);1H. The molecule has 0 radical (unpaired) electrons. The molecule has 6 heteroatoms. The van der Waals surface area contributed by atoms with Crippen LogP contribution in [0.3, 0.4) is 0 Å². The van der Waals surface area contributed by atoms with Crippen LogP contribution in [0.25, 0.3) is 0 Å². The highest BCUT2D eigenvalue weighted by molar-refractivity contribution is 14.0. The third-order valence-corrected chi connectivity index (χ3v) is 4.74. The third kappa shape index (κ3) is 8.25. The van der Waals surface area contributed by atoms with Crippen molar-refractivity contribution in [3.8, 4) is 5.75 Å². The van der Waals surface area contributed by atoms with Crippen molar-refractivity contribution in [3.05, 3.63) is 29.8 Å². The van der Waals surface area contributed by atoms with Crippen molar-refractivity contribution in [2.24, 2.45) is 16.3 Å². The van der Waals surface area contributed by atoms with E-state index in [1.54, 1.807) is 12.1 Å². The Labute approximate surface area is 181 Å².